The molecule has 1 amide bonds. The number of para-hydroxylation sites is 1. The number of hydrogen-bond donors (Lipinski definition) is 1. The standard InChI is InChI=1S/C24H31ClN2O4S/c1-18(2)22-10-3-4-11-23(22)31-14-12-26-24(28)20-8-6-13-27(16-20)32(29,30)17-19-7-5-9-21(25)15-19/h3-5,7,9-11,15,18,20H,6,8,12-14,16-17H2,1-2H3,(H,26,28)/t20-/m0/s1. The first-order valence-corrected chi connectivity index (χ1v) is 13.0. The molecular formula is C24H31ClN2O4S. The Hall–Kier alpha value is -2.09. The second-order valence-electron chi connectivity index (χ2n) is 8.42. The summed E-state index contributed by atoms with van der Waals surface area (Å²) in [6.07, 6.45) is 1.33. The van der Waals surface area contributed by atoms with Crippen molar-refractivity contribution in [2.75, 3.05) is 26.2 Å². The Morgan fingerprint density at radius 3 is 2.75 bits per heavy atom. The average Bonchev–Trinajstić information content (AvgIpc) is 2.76. The van der Waals surface area contributed by atoms with E-state index >= 15 is 0 Å². The number of ether oxygens (including phenoxy) is 1. The van der Waals surface area contributed by atoms with E-state index in [1.54, 1.807) is 24.3 Å². The molecule has 0 spiro atoms. The molecule has 6 nitrogen and oxygen atoms in total. The number of hydrogen-bond acceptors (Lipinski definition) is 4. The molecule has 2 aromatic rings. The summed E-state index contributed by atoms with van der Waals surface area (Å²) < 4.78 is 33.0. The van der Waals surface area contributed by atoms with Gasteiger partial charge in [0, 0.05) is 18.1 Å². The molecule has 1 heterocycles. The average molecular weight is 479 g/mol. The largest absolute Gasteiger partial charge is 0.491 e. The van der Waals surface area contributed by atoms with E-state index in [0.717, 1.165) is 11.3 Å². The lowest BCUT2D eigenvalue weighted by atomic mass is 9.99. The van der Waals surface area contributed by atoms with Crippen LogP contribution in [0.15, 0.2) is 48.5 Å². The third kappa shape index (κ3) is 6.70. The molecule has 0 radical (unpaired) electrons. The minimum atomic E-state index is -3.52. The summed E-state index contributed by atoms with van der Waals surface area (Å²) in [6, 6.07) is 14.7. The Morgan fingerprint density at radius 2 is 2.00 bits per heavy atom. The Morgan fingerprint density at radius 1 is 1.22 bits per heavy atom. The summed E-state index contributed by atoms with van der Waals surface area (Å²) in [5.74, 6) is 0.565. The molecule has 1 aliphatic rings. The van der Waals surface area contributed by atoms with Gasteiger partial charge in [-0.1, -0.05) is 55.8 Å². The number of piperidine rings is 1. The topological polar surface area (TPSA) is 75.7 Å². The molecule has 1 N–H and O–H groups in total. The highest BCUT2D eigenvalue weighted by Gasteiger charge is 2.32. The van der Waals surface area contributed by atoms with Crippen LogP contribution in [0.4, 0.5) is 0 Å². The molecule has 8 heteroatoms. The van der Waals surface area contributed by atoms with E-state index in [0.29, 0.717) is 49.0 Å². The van der Waals surface area contributed by atoms with E-state index in [2.05, 4.69) is 19.2 Å². The lowest BCUT2D eigenvalue weighted by molar-refractivity contribution is -0.126. The molecule has 0 bridgehead atoms. The van der Waals surface area contributed by atoms with Gasteiger partial charge in [0.15, 0.2) is 0 Å². The van der Waals surface area contributed by atoms with Gasteiger partial charge < -0.3 is 10.1 Å². The predicted octanol–water partition coefficient (Wildman–Crippen LogP) is 4.20. The van der Waals surface area contributed by atoms with Gasteiger partial charge in [0.2, 0.25) is 15.9 Å². The zero-order valence-electron chi connectivity index (χ0n) is 18.6. The number of carbonyl (C=O) groups is 1. The fraction of sp³-hybridized carbons (Fsp3) is 0.458. The van der Waals surface area contributed by atoms with Crippen LogP contribution >= 0.6 is 11.6 Å². The number of benzene rings is 2. The third-order valence-electron chi connectivity index (χ3n) is 5.59. The summed E-state index contributed by atoms with van der Waals surface area (Å²) in [4.78, 5) is 12.7. The number of carbonyl (C=O) groups excluding carboxylic acids is 1. The number of nitrogens with zero attached hydrogens (tertiary/aromatic N) is 1. The molecule has 0 unspecified atom stereocenters. The van der Waals surface area contributed by atoms with Crippen molar-refractivity contribution in [1.29, 1.82) is 0 Å². The van der Waals surface area contributed by atoms with Gasteiger partial charge in [-0.2, -0.15) is 0 Å². The Labute approximate surface area is 196 Å². The van der Waals surface area contributed by atoms with E-state index < -0.39 is 10.0 Å². The maximum absolute atomic E-state index is 12.9. The van der Waals surface area contributed by atoms with E-state index in [-0.39, 0.29) is 24.1 Å². The SMILES string of the molecule is CC(C)c1ccccc1OCCNC(=O)[C@H]1CCCN(S(=O)(=O)Cc2cccc(Cl)c2)C1. The van der Waals surface area contributed by atoms with Crippen LogP contribution < -0.4 is 10.1 Å². The van der Waals surface area contributed by atoms with Gasteiger partial charge in [0.25, 0.3) is 0 Å². The maximum Gasteiger partial charge on any atom is 0.224 e. The van der Waals surface area contributed by atoms with Crippen molar-refractivity contribution in [2.45, 2.75) is 38.4 Å². The van der Waals surface area contributed by atoms with Crippen LogP contribution in [0.2, 0.25) is 5.02 Å². The molecule has 1 atom stereocenters. The minimum absolute atomic E-state index is 0.120. The molecule has 0 aliphatic carbocycles. The molecule has 0 saturated carbocycles. The molecule has 32 heavy (non-hydrogen) atoms. The molecular weight excluding hydrogens is 448 g/mol. The van der Waals surface area contributed by atoms with E-state index in [4.69, 9.17) is 16.3 Å². The number of halogens is 1. The zero-order valence-corrected chi connectivity index (χ0v) is 20.2. The van der Waals surface area contributed by atoms with Gasteiger partial charge >= 0.3 is 0 Å². The lowest BCUT2D eigenvalue weighted by Crippen LogP contribution is -2.46. The van der Waals surface area contributed by atoms with Crippen molar-refractivity contribution in [3.8, 4) is 5.75 Å². The van der Waals surface area contributed by atoms with Gasteiger partial charge in [0.1, 0.15) is 12.4 Å². The van der Waals surface area contributed by atoms with Crippen LogP contribution in [0.25, 0.3) is 0 Å². The number of sulfonamides is 1. The van der Waals surface area contributed by atoms with Gasteiger partial charge in [-0.3, -0.25) is 4.79 Å². The van der Waals surface area contributed by atoms with Crippen LogP contribution in [0.3, 0.4) is 0 Å². The van der Waals surface area contributed by atoms with Gasteiger partial charge in [0.05, 0.1) is 18.2 Å². The highest BCUT2D eigenvalue weighted by Crippen LogP contribution is 2.26. The predicted molar refractivity (Wildman–Crippen MR) is 127 cm³/mol. The van der Waals surface area contributed by atoms with Crippen LogP contribution in [0, 0.1) is 5.92 Å². The van der Waals surface area contributed by atoms with E-state index in [1.165, 1.54) is 4.31 Å². The molecule has 174 valence electrons. The lowest BCUT2D eigenvalue weighted by Gasteiger charge is -2.31. The van der Waals surface area contributed by atoms with Crippen molar-refractivity contribution in [3.63, 3.8) is 0 Å². The summed E-state index contributed by atoms with van der Waals surface area (Å²) in [5, 5.41) is 3.40. The van der Waals surface area contributed by atoms with Gasteiger partial charge in [-0.25, -0.2) is 12.7 Å². The highest BCUT2D eigenvalue weighted by molar-refractivity contribution is 7.88. The maximum atomic E-state index is 12.9. The summed E-state index contributed by atoms with van der Waals surface area (Å²) in [6.45, 7) is 5.59. The first-order chi connectivity index (χ1) is 15.3. The van der Waals surface area contributed by atoms with E-state index in [1.807, 2.05) is 24.3 Å². The van der Waals surface area contributed by atoms with Crippen LogP contribution in [0.5, 0.6) is 5.75 Å². The van der Waals surface area contributed by atoms with Crippen molar-refractivity contribution in [1.82, 2.24) is 9.62 Å². The Balaban J connectivity index is 1.50. The second-order valence-corrected chi connectivity index (χ2v) is 10.8. The van der Waals surface area contributed by atoms with Crippen molar-refractivity contribution < 1.29 is 17.9 Å². The number of nitrogens with one attached hydrogen (secondary N) is 1. The number of amides is 1. The van der Waals surface area contributed by atoms with Crippen molar-refractivity contribution >= 4 is 27.5 Å². The molecule has 3 rings (SSSR count). The minimum Gasteiger partial charge on any atom is -0.491 e. The molecule has 0 aromatic heterocycles. The Kier molecular flexibility index (Phi) is 8.57. The van der Waals surface area contributed by atoms with Crippen molar-refractivity contribution in [2.24, 2.45) is 5.92 Å². The van der Waals surface area contributed by atoms with Crippen molar-refractivity contribution in [3.05, 3.63) is 64.7 Å². The van der Waals surface area contributed by atoms with E-state index in [9.17, 15) is 13.2 Å². The zero-order chi connectivity index (χ0) is 23.1. The summed E-state index contributed by atoms with van der Waals surface area (Å²) >= 11 is 5.98. The van der Waals surface area contributed by atoms with Crippen LogP contribution in [-0.4, -0.2) is 44.9 Å². The van der Waals surface area contributed by atoms with Crippen LogP contribution in [-0.2, 0) is 20.6 Å². The fourth-order valence-corrected chi connectivity index (χ4v) is 5.72. The summed E-state index contributed by atoms with van der Waals surface area (Å²) in [5.41, 5.74) is 1.77. The second kappa shape index (κ2) is 11.2. The third-order valence-corrected chi connectivity index (χ3v) is 7.64. The summed E-state index contributed by atoms with van der Waals surface area (Å²) in [7, 11) is -3.52. The first kappa shape index (κ1) is 24.6. The first-order valence-electron chi connectivity index (χ1n) is 11.0. The highest BCUT2D eigenvalue weighted by atomic mass is 35.5. The van der Waals surface area contributed by atoms with Crippen LogP contribution in [0.1, 0.15) is 43.7 Å². The quantitative estimate of drug-likeness (QED) is 0.548. The molecule has 1 fully saturated rings. The molecule has 1 aliphatic heterocycles. The Bertz CT molecular complexity index is 1030. The van der Waals surface area contributed by atoms with Gasteiger partial charge in [-0.15, -0.1) is 0 Å². The molecule has 2 aromatic carbocycles. The normalized spacial score (nSPS) is 17.3. The molecule has 1 saturated heterocycles. The monoisotopic (exact) mass is 478 g/mol. The fourth-order valence-electron chi connectivity index (χ4n) is 3.91. The number of rotatable bonds is 9. The van der Waals surface area contributed by atoms with Gasteiger partial charge in [-0.05, 0) is 48.1 Å². The smallest absolute Gasteiger partial charge is 0.224 e.